The van der Waals surface area contributed by atoms with Gasteiger partial charge in [0.15, 0.2) is 4.80 Å². The van der Waals surface area contributed by atoms with Crippen LogP contribution in [-0.4, -0.2) is 31.2 Å². The van der Waals surface area contributed by atoms with Crippen molar-refractivity contribution in [2.45, 2.75) is 26.5 Å². The van der Waals surface area contributed by atoms with Gasteiger partial charge in [-0.2, -0.15) is 0 Å². The van der Waals surface area contributed by atoms with Crippen LogP contribution in [0.4, 0.5) is 5.69 Å². The Morgan fingerprint density at radius 2 is 1.83 bits per heavy atom. The van der Waals surface area contributed by atoms with Gasteiger partial charge >= 0.3 is 5.97 Å². The van der Waals surface area contributed by atoms with Crippen LogP contribution in [0, 0.1) is 0 Å². The number of benzene rings is 3. The Kier molecular flexibility index (Phi) is 8.56. The quantitative estimate of drug-likeness (QED) is 0.250. The molecule has 0 saturated heterocycles. The Labute approximate surface area is 250 Å². The topological polar surface area (TPSA) is 73.1 Å². The third kappa shape index (κ3) is 6.06. The summed E-state index contributed by atoms with van der Waals surface area (Å²) in [7, 11) is 3.93. The standard InChI is InChI=1S/C32H30BrN3O4S/c1-5-39-31(38)28-20(2)34-32-36(29(28)22-11-14-25(15-12-22)35(3)4)30(37)27(41-32)18-23-17-24(33)13-16-26(23)40-19-21-9-7-6-8-10-21/h6-18,29H,5,19H2,1-4H3/b27-18-/t29-/m1/s1. The highest BCUT2D eigenvalue weighted by atomic mass is 79.9. The summed E-state index contributed by atoms with van der Waals surface area (Å²) in [4.78, 5) is 34.4. The molecule has 3 aromatic carbocycles. The van der Waals surface area contributed by atoms with Crippen molar-refractivity contribution in [1.82, 2.24) is 4.57 Å². The number of hydrogen-bond acceptors (Lipinski definition) is 7. The zero-order valence-electron chi connectivity index (χ0n) is 23.3. The van der Waals surface area contributed by atoms with E-state index in [2.05, 4.69) is 20.9 Å². The van der Waals surface area contributed by atoms with Crippen molar-refractivity contribution in [1.29, 1.82) is 0 Å². The molecule has 1 aliphatic rings. The molecule has 1 aliphatic heterocycles. The molecular formula is C32H30BrN3O4S. The summed E-state index contributed by atoms with van der Waals surface area (Å²) in [5.41, 5.74) is 4.27. The number of carbonyl (C=O) groups is 1. The summed E-state index contributed by atoms with van der Waals surface area (Å²) < 4.78 is 14.5. The second kappa shape index (κ2) is 12.3. The maximum absolute atomic E-state index is 14.0. The molecule has 0 fully saturated rings. The predicted molar refractivity (Wildman–Crippen MR) is 166 cm³/mol. The summed E-state index contributed by atoms with van der Waals surface area (Å²) in [6.07, 6.45) is 1.82. The second-order valence-corrected chi connectivity index (χ2v) is 11.7. The summed E-state index contributed by atoms with van der Waals surface area (Å²) in [6.45, 7) is 4.17. The molecule has 0 saturated carbocycles. The van der Waals surface area contributed by atoms with Crippen LogP contribution in [0.1, 0.15) is 36.6 Å². The third-order valence-corrected chi connectivity index (χ3v) is 8.21. The molecule has 41 heavy (non-hydrogen) atoms. The molecule has 0 spiro atoms. The zero-order chi connectivity index (χ0) is 29.1. The first-order valence-corrected chi connectivity index (χ1v) is 14.8. The molecule has 9 heteroatoms. The minimum atomic E-state index is -0.667. The van der Waals surface area contributed by atoms with Crippen LogP contribution in [0.2, 0.25) is 0 Å². The SMILES string of the molecule is CCOC(=O)C1=C(C)N=c2s/c(=C\c3cc(Br)ccc3OCc3ccccc3)c(=O)n2[C@@H]1c1ccc(N(C)C)cc1. The maximum atomic E-state index is 14.0. The van der Waals surface area contributed by atoms with Crippen LogP contribution < -0.4 is 24.5 Å². The van der Waals surface area contributed by atoms with Crippen LogP contribution in [-0.2, 0) is 16.1 Å². The molecule has 0 unspecified atom stereocenters. The Morgan fingerprint density at radius 3 is 2.51 bits per heavy atom. The molecular weight excluding hydrogens is 602 g/mol. The molecule has 0 radical (unpaired) electrons. The fraction of sp³-hybridized carbons (Fsp3) is 0.219. The van der Waals surface area contributed by atoms with E-state index in [1.807, 2.05) is 97.9 Å². The van der Waals surface area contributed by atoms with Gasteiger partial charge in [0, 0.05) is 29.8 Å². The molecule has 1 aromatic heterocycles. The van der Waals surface area contributed by atoms with Gasteiger partial charge in [0.1, 0.15) is 12.4 Å². The van der Waals surface area contributed by atoms with Gasteiger partial charge in [-0.3, -0.25) is 9.36 Å². The van der Waals surface area contributed by atoms with Gasteiger partial charge in [0.2, 0.25) is 0 Å². The van der Waals surface area contributed by atoms with Crippen LogP contribution in [0.15, 0.2) is 98.3 Å². The molecule has 5 rings (SSSR count). The highest BCUT2D eigenvalue weighted by Crippen LogP contribution is 2.32. The summed E-state index contributed by atoms with van der Waals surface area (Å²) in [6, 6.07) is 22.8. The minimum absolute atomic E-state index is 0.223. The lowest BCUT2D eigenvalue weighted by atomic mass is 9.95. The fourth-order valence-electron chi connectivity index (χ4n) is 4.70. The van der Waals surface area contributed by atoms with Crippen molar-refractivity contribution < 1.29 is 14.3 Å². The lowest BCUT2D eigenvalue weighted by molar-refractivity contribution is -0.139. The van der Waals surface area contributed by atoms with Gasteiger partial charge in [-0.1, -0.05) is 69.7 Å². The first kappa shape index (κ1) is 28.6. The fourth-order valence-corrected chi connectivity index (χ4v) is 6.12. The van der Waals surface area contributed by atoms with Gasteiger partial charge in [0.25, 0.3) is 5.56 Å². The van der Waals surface area contributed by atoms with Crippen molar-refractivity contribution >= 4 is 45.0 Å². The number of nitrogens with zero attached hydrogens (tertiary/aromatic N) is 3. The molecule has 0 N–H and O–H groups in total. The number of carbonyl (C=O) groups excluding carboxylic acids is 1. The van der Waals surface area contributed by atoms with E-state index in [1.54, 1.807) is 18.4 Å². The number of thiazole rings is 1. The number of anilines is 1. The lowest BCUT2D eigenvalue weighted by Gasteiger charge is -2.25. The van der Waals surface area contributed by atoms with Crippen molar-refractivity contribution in [2.75, 3.05) is 25.6 Å². The number of halogens is 1. The molecule has 210 valence electrons. The van der Waals surface area contributed by atoms with Crippen molar-refractivity contribution in [3.05, 3.63) is 125 Å². The van der Waals surface area contributed by atoms with Crippen LogP contribution in [0.3, 0.4) is 0 Å². The predicted octanol–water partition coefficient (Wildman–Crippen LogP) is 5.21. The van der Waals surface area contributed by atoms with E-state index >= 15 is 0 Å². The smallest absolute Gasteiger partial charge is 0.338 e. The molecule has 0 aliphatic carbocycles. The summed E-state index contributed by atoms with van der Waals surface area (Å²) >= 11 is 4.83. The Balaban J connectivity index is 1.63. The van der Waals surface area contributed by atoms with Crippen molar-refractivity contribution in [3.8, 4) is 5.75 Å². The number of hydrogen-bond donors (Lipinski definition) is 0. The highest BCUT2D eigenvalue weighted by molar-refractivity contribution is 9.10. The number of esters is 1. The molecule has 2 heterocycles. The minimum Gasteiger partial charge on any atom is -0.488 e. The third-order valence-electron chi connectivity index (χ3n) is 6.74. The summed E-state index contributed by atoms with van der Waals surface area (Å²) in [5, 5.41) is 0. The number of allylic oxidation sites excluding steroid dienone is 1. The van der Waals surface area contributed by atoms with E-state index in [0.717, 1.165) is 26.9 Å². The average Bonchev–Trinajstić information content (AvgIpc) is 3.26. The Bertz CT molecular complexity index is 1790. The van der Waals surface area contributed by atoms with Crippen LogP contribution >= 0.6 is 27.3 Å². The number of aromatic nitrogens is 1. The average molecular weight is 633 g/mol. The molecule has 0 bridgehead atoms. The monoisotopic (exact) mass is 631 g/mol. The second-order valence-electron chi connectivity index (χ2n) is 9.74. The normalized spacial score (nSPS) is 14.9. The lowest BCUT2D eigenvalue weighted by Crippen LogP contribution is -2.40. The first-order valence-electron chi connectivity index (χ1n) is 13.2. The number of fused-ring (bicyclic) bond motifs is 1. The van der Waals surface area contributed by atoms with Gasteiger partial charge in [-0.05, 0) is 61.4 Å². The molecule has 1 atom stereocenters. The molecule has 4 aromatic rings. The van der Waals surface area contributed by atoms with E-state index < -0.39 is 12.0 Å². The van der Waals surface area contributed by atoms with Crippen LogP contribution in [0.5, 0.6) is 5.75 Å². The maximum Gasteiger partial charge on any atom is 0.338 e. The van der Waals surface area contributed by atoms with Crippen molar-refractivity contribution in [2.24, 2.45) is 4.99 Å². The highest BCUT2D eigenvalue weighted by Gasteiger charge is 2.33. The van der Waals surface area contributed by atoms with Gasteiger partial charge in [-0.15, -0.1) is 0 Å². The van der Waals surface area contributed by atoms with E-state index in [9.17, 15) is 9.59 Å². The Morgan fingerprint density at radius 1 is 1.10 bits per heavy atom. The zero-order valence-corrected chi connectivity index (χ0v) is 25.7. The number of rotatable bonds is 8. The van der Waals surface area contributed by atoms with E-state index in [1.165, 1.54) is 11.3 Å². The largest absolute Gasteiger partial charge is 0.488 e. The van der Waals surface area contributed by atoms with Crippen LogP contribution in [0.25, 0.3) is 6.08 Å². The van der Waals surface area contributed by atoms with Gasteiger partial charge in [0.05, 0.1) is 28.5 Å². The first-order chi connectivity index (χ1) is 19.8. The molecule has 0 amide bonds. The van der Waals surface area contributed by atoms with E-state index in [-0.39, 0.29) is 12.2 Å². The van der Waals surface area contributed by atoms with Crippen molar-refractivity contribution in [3.63, 3.8) is 0 Å². The summed E-state index contributed by atoms with van der Waals surface area (Å²) in [5.74, 6) is 0.176. The van der Waals surface area contributed by atoms with E-state index in [4.69, 9.17) is 9.47 Å². The Hall–Kier alpha value is -3.95. The van der Waals surface area contributed by atoms with E-state index in [0.29, 0.717) is 33.0 Å². The van der Waals surface area contributed by atoms with Gasteiger partial charge in [-0.25, -0.2) is 9.79 Å². The number of ether oxygens (including phenoxy) is 2. The van der Waals surface area contributed by atoms with Gasteiger partial charge < -0.3 is 14.4 Å². The molecule has 7 nitrogen and oxygen atoms in total.